The molecule has 0 fully saturated rings. The summed E-state index contributed by atoms with van der Waals surface area (Å²) in [7, 11) is 2.85. The third kappa shape index (κ3) is 3.88. The van der Waals surface area contributed by atoms with E-state index in [1.54, 1.807) is 24.3 Å². The number of benzene rings is 2. The van der Waals surface area contributed by atoms with Crippen molar-refractivity contribution < 1.29 is 43.8 Å². The molecular formula is C26H22O10. The van der Waals surface area contributed by atoms with Crippen LogP contribution >= 0.6 is 0 Å². The van der Waals surface area contributed by atoms with E-state index >= 15 is 0 Å². The highest BCUT2D eigenvalue weighted by molar-refractivity contribution is 5.68. The predicted octanol–water partition coefficient (Wildman–Crippen LogP) is 1.79. The first kappa shape index (κ1) is 23.2. The maximum Gasteiger partial charge on any atom is 0.204 e. The van der Waals surface area contributed by atoms with Gasteiger partial charge in [0.1, 0.15) is 22.5 Å². The third-order valence-corrected chi connectivity index (χ3v) is 5.93. The molecule has 0 saturated carbocycles. The van der Waals surface area contributed by atoms with Gasteiger partial charge in [-0.1, -0.05) is 6.07 Å². The lowest BCUT2D eigenvalue weighted by Crippen LogP contribution is -2.41. The Kier molecular flexibility index (Phi) is 5.75. The number of phenols is 1. The summed E-state index contributed by atoms with van der Waals surface area (Å²) in [6.07, 6.45) is -1.77. The van der Waals surface area contributed by atoms with Crippen molar-refractivity contribution in [3.8, 4) is 40.1 Å². The Bertz CT molecular complexity index is 1580. The normalized spacial score (nSPS) is 18.1. The second kappa shape index (κ2) is 8.92. The Hall–Kier alpha value is -4.53. The summed E-state index contributed by atoms with van der Waals surface area (Å²) in [5, 5.41) is 39.8. The van der Waals surface area contributed by atoms with Crippen LogP contribution in [0, 0.1) is 0 Å². The quantitative estimate of drug-likeness (QED) is 0.414. The van der Waals surface area contributed by atoms with Crippen molar-refractivity contribution in [2.24, 2.45) is 0 Å². The zero-order chi connectivity index (χ0) is 25.6. The number of phenolic OH excluding ortho intramolecular Hbond substituents is 1. The van der Waals surface area contributed by atoms with Crippen molar-refractivity contribution >= 4 is 11.5 Å². The molecule has 0 radical (unpaired) electrons. The zero-order valence-corrected chi connectivity index (χ0v) is 19.3. The molecule has 36 heavy (non-hydrogen) atoms. The van der Waals surface area contributed by atoms with Crippen LogP contribution in [0.3, 0.4) is 0 Å². The number of aliphatic hydroxyl groups excluding tert-OH is 3. The highest BCUT2D eigenvalue weighted by Gasteiger charge is 2.35. The van der Waals surface area contributed by atoms with Crippen LogP contribution in [0.25, 0.3) is 22.8 Å². The topological polar surface area (TPSA) is 148 Å². The molecule has 186 valence electrons. The molecule has 2 aromatic carbocycles. The van der Waals surface area contributed by atoms with E-state index in [0.717, 1.165) is 0 Å². The van der Waals surface area contributed by atoms with E-state index in [1.807, 2.05) is 0 Å². The second-order valence-corrected chi connectivity index (χ2v) is 8.19. The van der Waals surface area contributed by atoms with E-state index in [0.29, 0.717) is 11.1 Å². The summed E-state index contributed by atoms with van der Waals surface area (Å²) >= 11 is 0. The number of methoxy groups -OCH3 is 2. The molecule has 5 rings (SSSR count). The molecular weight excluding hydrogens is 472 g/mol. The van der Waals surface area contributed by atoms with Crippen molar-refractivity contribution in [1.82, 2.24) is 0 Å². The maximum atomic E-state index is 12.7. The highest BCUT2D eigenvalue weighted by Crippen LogP contribution is 2.48. The standard InChI is InChI=1S/C26H22O10/c1-32-19-5-12(3-4-15(19)29)25-23(11-27)36-26-21(33-2)6-13(7-22(26)35-25)18-10-17(31)24-16(30)8-14(28)9-20(24)34-18/h3-7,10,23,25,27-30H,8,11H2,1-2H3. The fourth-order valence-electron chi connectivity index (χ4n) is 4.21. The predicted molar refractivity (Wildman–Crippen MR) is 126 cm³/mol. The van der Waals surface area contributed by atoms with Gasteiger partial charge in [0.25, 0.3) is 0 Å². The summed E-state index contributed by atoms with van der Waals surface area (Å²) < 4.78 is 28.7. The fourth-order valence-corrected chi connectivity index (χ4v) is 4.21. The van der Waals surface area contributed by atoms with Gasteiger partial charge in [0.2, 0.25) is 5.75 Å². The van der Waals surface area contributed by atoms with Crippen molar-refractivity contribution in [1.29, 1.82) is 0 Å². The summed E-state index contributed by atoms with van der Waals surface area (Å²) in [4.78, 5) is 12.7. The van der Waals surface area contributed by atoms with Gasteiger partial charge in [0, 0.05) is 17.2 Å². The summed E-state index contributed by atoms with van der Waals surface area (Å²) in [6, 6.07) is 9.02. The van der Waals surface area contributed by atoms with Crippen LogP contribution in [0.1, 0.15) is 18.1 Å². The molecule has 10 nitrogen and oxygen atoms in total. The van der Waals surface area contributed by atoms with Crippen LogP contribution in [0.15, 0.2) is 51.4 Å². The first-order valence-corrected chi connectivity index (χ1v) is 10.9. The van der Waals surface area contributed by atoms with Crippen LogP contribution in [-0.2, 0) is 0 Å². The van der Waals surface area contributed by atoms with E-state index < -0.39 is 17.6 Å². The number of aliphatic hydroxyl groups is 3. The van der Waals surface area contributed by atoms with Crippen LogP contribution in [0.5, 0.6) is 28.7 Å². The van der Waals surface area contributed by atoms with Gasteiger partial charge in [-0.15, -0.1) is 0 Å². The highest BCUT2D eigenvalue weighted by atomic mass is 16.6. The molecule has 1 aromatic heterocycles. The van der Waals surface area contributed by atoms with E-state index in [4.69, 9.17) is 23.4 Å². The van der Waals surface area contributed by atoms with Gasteiger partial charge in [-0.2, -0.15) is 0 Å². The van der Waals surface area contributed by atoms with Crippen LogP contribution in [0.2, 0.25) is 0 Å². The minimum absolute atomic E-state index is 0.0505. The van der Waals surface area contributed by atoms with E-state index in [2.05, 4.69) is 5.73 Å². The van der Waals surface area contributed by atoms with Crippen molar-refractivity contribution in [3.05, 3.63) is 68.6 Å². The molecule has 0 spiro atoms. The second-order valence-electron chi connectivity index (χ2n) is 8.19. The molecule has 3 aromatic rings. The molecule has 2 heterocycles. The summed E-state index contributed by atoms with van der Waals surface area (Å²) in [6.45, 7) is -0.371. The van der Waals surface area contributed by atoms with Gasteiger partial charge in [0.05, 0.1) is 27.2 Å². The summed E-state index contributed by atoms with van der Waals surface area (Å²) in [5.74, 6) is 0.496. The number of ether oxygens (including phenoxy) is 4. The monoisotopic (exact) mass is 494 g/mol. The van der Waals surface area contributed by atoms with Gasteiger partial charge in [-0.25, -0.2) is 0 Å². The largest absolute Gasteiger partial charge is 0.511 e. The maximum absolute atomic E-state index is 12.7. The molecule has 0 bridgehead atoms. The molecule has 2 atom stereocenters. The minimum atomic E-state index is -0.797. The minimum Gasteiger partial charge on any atom is -0.511 e. The Morgan fingerprint density at radius 2 is 1.81 bits per heavy atom. The molecule has 2 aliphatic rings. The van der Waals surface area contributed by atoms with Crippen LogP contribution in [0.4, 0.5) is 0 Å². The van der Waals surface area contributed by atoms with Crippen LogP contribution in [-0.4, -0.2) is 47.4 Å². The van der Waals surface area contributed by atoms with Gasteiger partial charge in [0.15, 0.2) is 46.1 Å². The summed E-state index contributed by atoms with van der Waals surface area (Å²) in [5.41, 5.74) is 2.94. The molecule has 0 amide bonds. The third-order valence-electron chi connectivity index (χ3n) is 5.93. The smallest absolute Gasteiger partial charge is 0.204 e. The van der Waals surface area contributed by atoms with Crippen LogP contribution < -0.4 is 35.0 Å². The lowest BCUT2D eigenvalue weighted by atomic mass is 10.0. The van der Waals surface area contributed by atoms with E-state index in [9.17, 15) is 25.2 Å². The van der Waals surface area contributed by atoms with E-state index in [1.165, 1.54) is 26.4 Å². The Morgan fingerprint density at radius 1 is 1.03 bits per heavy atom. The Labute approximate surface area is 203 Å². The molecule has 0 saturated heterocycles. The van der Waals surface area contributed by atoms with Gasteiger partial charge >= 0.3 is 0 Å². The SMILES string of the molecule is COc1cc(C2Oc3cc(-c4cc(=O)c5c(o4)=C=C(O)CC=5O)cc(OC)c3OC2CO)ccc1O. The Morgan fingerprint density at radius 3 is 2.53 bits per heavy atom. The van der Waals surface area contributed by atoms with Gasteiger partial charge in [-0.05, 0) is 30.0 Å². The molecule has 1 aliphatic carbocycles. The number of fused-ring (bicyclic) bond motifs is 2. The number of hydrogen-bond donors (Lipinski definition) is 4. The lowest BCUT2D eigenvalue weighted by Gasteiger charge is -2.34. The fraction of sp³-hybridized carbons (Fsp3) is 0.231. The number of rotatable bonds is 5. The van der Waals surface area contributed by atoms with Crippen molar-refractivity contribution in [3.63, 3.8) is 0 Å². The molecule has 2 unspecified atom stereocenters. The first-order chi connectivity index (χ1) is 17.3. The number of aromatic hydroxyl groups is 1. The lowest BCUT2D eigenvalue weighted by molar-refractivity contribution is -0.0141. The molecule has 10 heteroatoms. The van der Waals surface area contributed by atoms with Gasteiger partial charge in [-0.3, -0.25) is 4.79 Å². The van der Waals surface area contributed by atoms with Crippen molar-refractivity contribution in [2.45, 2.75) is 18.6 Å². The number of hydrogen-bond acceptors (Lipinski definition) is 10. The Balaban J connectivity index is 1.64. The van der Waals surface area contributed by atoms with Crippen molar-refractivity contribution in [2.75, 3.05) is 20.8 Å². The molecule has 1 aliphatic heterocycles. The average molecular weight is 494 g/mol. The first-order valence-electron chi connectivity index (χ1n) is 10.9. The molecule has 4 N–H and O–H groups in total. The van der Waals surface area contributed by atoms with E-state index in [-0.39, 0.29) is 69.7 Å². The van der Waals surface area contributed by atoms with Gasteiger partial charge < -0.3 is 43.8 Å². The zero-order valence-electron chi connectivity index (χ0n) is 19.3. The average Bonchev–Trinajstić information content (AvgIpc) is 2.86.